The van der Waals surface area contributed by atoms with E-state index in [0.717, 1.165) is 0 Å². The standard InChI is InChI=1S/C16H36N.C8H11NO3/c1-5-9-13-17(14-10-6-2,15-11-7-3)16-12-8-4;1-8(2,3)12-7(11)6(4-9)5-10/h5-16H2,1-4H3;5-6H,1-3H3/q+1;. The van der Waals surface area contributed by atoms with Crippen molar-refractivity contribution in [3.63, 3.8) is 0 Å². The van der Waals surface area contributed by atoms with Crippen LogP contribution in [0.5, 0.6) is 0 Å². The summed E-state index contributed by atoms with van der Waals surface area (Å²) in [5.74, 6) is -2.09. The maximum Gasteiger partial charge on any atom is 0.331 e. The molecule has 5 nitrogen and oxygen atoms in total. The number of nitriles is 1. The van der Waals surface area contributed by atoms with Crippen LogP contribution in [0.25, 0.3) is 0 Å². The first-order valence-electron chi connectivity index (χ1n) is 11.6. The van der Waals surface area contributed by atoms with E-state index in [1.54, 1.807) is 20.8 Å². The summed E-state index contributed by atoms with van der Waals surface area (Å²) in [6.07, 6.45) is 11.3. The molecule has 0 aromatic carbocycles. The van der Waals surface area contributed by atoms with Gasteiger partial charge in [-0.3, -0.25) is 4.79 Å². The van der Waals surface area contributed by atoms with Crippen molar-refractivity contribution in [2.24, 2.45) is 5.92 Å². The van der Waals surface area contributed by atoms with E-state index in [1.165, 1.54) is 88.1 Å². The Labute approximate surface area is 180 Å². The molecule has 0 aromatic heterocycles. The molecule has 0 bridgehead atoms. The van der Waals surface area contributed by atoms with Crippen LogP contribution < -0.4 is 0 Å². The minimum absolute atomic E-state index is 0.272. The van der Waals surface area contributed by atoms with Crippen molar-refractivity contribution in [2.75, 3.05) is 26.2 Å². The topological polar surface area (TPSA) is 67.2 Å². The van der Waals surface area contributed by atoms with Crippen LogP contribution in [0.3, 0.4) is 0 Å². The number of nitrogens with zero attached hydrogens (tertiary/aromatic N) is 2. The summed E-state index contributed by atoms with van der Waals surface area (Å²) in [6, 6.07) is 1.53. The summed E-state index contributed by atoms with van der Waals surface area (Å²) in [4.78, 5) is 21.1. The number of quaternary nitrogens is 1. The molecule has 1 unspecified atom stereocenters. The molecule has 0 aliphatic heterocycles. The van der Waals surface area contributed by atoms with Gasteiger partial charge in [-0.15, -0.1) is 0 Å². The van der Waals surface area contributed by atoms with Crippen LogP contribution in [-0.4, -0.2) is 48.5 Å². The Bertz CT molecular complexity index is 426. The van der Waals surface area contributed by atoms with Gasteiger partial charge in [-0.1, -0.05) is 53.4 Å². The number of rotatable bonds is 14. The van der Waals surface area contributed by atoms with Crippen molar-refractivity contribution in [2.45, 2.75) is 105 Å². The van der Waals surface area contributed by atoms with E-state index in [1.807, 2.05) is 0 Å². The van der Waals surface area contributed by atoms with Crippen molar-refractivity contribution < 1.29 is 18.8 Å². The van der Waals surface area contributed by atoms with Crippen LogP contribution in [0.15, 0.2) is 0 Å². The van der Waals surface area contributed by atoms with Gasteiger partial charge in [0, 0.05) is 0 Å². The predicted octanol–water partition coefficient (Wildman–Crippen LogP) is 5.67. The fraction of sp³-hybridized carbons (Fsp3) is 0.875. The van der Waals surface area contributed by atoms with E-state index in [4.69, 9.17) is 10.00 Å². The largest absolute Gasteiger partial charge is 0.459 e. The van der Waals surface area contributed by atoms with Gasteiger partial charge in [0.2, 0.25) is 0 Å². The average molecular weight is 412 g/mol. The zero-order valence-corrected chi connectivity index (χ0v) is 20.3. The molecule has 0 aliphatic rings. The molecule has 29 heavy (non-hydrogen) atoms. The van der Waals surface area contributed by atoms with Gasteiger partial charge >= 0.3 is 5.97 Å². The molecule has 0 aromatic rings. The molecule has 0 rings (SSSR count). The summed E-state index contributed by atoms with van der Waals surface area (Å²) < 4.78 is 6.21. The molecule has 0 spiro atoms. The van der Waals surface area contributed by atoms with Gasteiger partial charge in [0.1, 0.15) is 11.9 Å². The number of unbranched alkanes of at least 4 members (excludes halogenated alkanes) is 4. The van der Waals surface area contributed by atoms with E-state index >= 15 is 0 Å². The number of hydrogen-bond acceptors (Lipinski definition) is 4. The molecule has 170 valence electrons. The van der Waals surface area contributed by atoms with Crippen LogP contribution in [0, 0.1) is 17.2 Å². The van der Waals surface area contributed by atoms with Crippen molar-refractivity contribution >= 4 is 12.3 Å². The van der Waals surface area contributed by atoms with Crippen molar-refractivity contribution in [1.82, 2.24) is 0 Å². The SMILES string of the molecule is CC(C)(C)OC(=O)C(C#N)C=O.CCCC[N+](CCCC)(CCCC)CCCC. The Morgan fingerprint density at radius 2 is 1.24 bits per heavy atom. The predicted molar refractivity (Wildman–Crippen MR) is 120 cm³/mol. The molecule has 0 saturated carbocycles. The molecule has 5 heteroatoms. The number of aldehydes is 1. The minimum atomic E-state index is -1.30. The monoisotopic (exact) mass is 411 g/mol. The number of carbonyl (C=O) groups excluding carboxylic acids is 2. The Hall–Kier alpha value is -1.41. The highest BCUT2D eigenvalue weighted by atomic mass is 16.6. The molecule has 0 heterocycles. The lowest BCUT2D eigenvalue weighted by Gasteiger charge is -2.39. The fourth-order valence-electron chi connectivity index (χ4n) is 3.15. The van der Waals surface area contributed by atoms with Gasteiger partial charge in [-0.05, 0) is 46.5 Å². The van der Waals surface area contributed by atoms with Gasteiger partial charge in [0.25, 0.3) is 0 Å². The molecular weight excluding hydrogens is 364 g/mol. The third-order valence-corrected chi connectivity index (χ3v) is 4.88. The molecule has 0 fully saturated rings. The first-order chi connectivity index (χ1) is 13.6. The molecule has 0 saturated heterocycles. The maximum atomic E-state index is 10.9. The second-order valence-electron chi connectivity index (χ2n) is 8.93. The number of esters is 1. The Kier molecular flexibility index (Phi) is 17.9. The van der Waals surface area contributed by atoms with Gasteiger partial charge in [0.15, 0.2) is 5.92 Å². The Balaban J connectivity index is 0. The normalized spacial score (nSPS) is 12.3. The Morgan fingerprint density at radius 1 is 0.897 bits per heavy atom. The molecule has 0 radical (unpaired) electrons. The summed E-state index contributed by atoms with van der Waals surface area (Å²) in [5.41, 5.74) is -0.658. The number of carbonyl (C=O) groups is 2. The third kappa shape index (κ3) is 16.1. The van der Waals surface area contributed by atoms with Crippen molar-refractivity contribution in [3.8, 4) is 6.07 Å². The van der Waals surface area contributed by atoms with E-state index in [-0.39, 0.29) is 6.29 Å². The highest BCUT2D eigenvalue weighted by molar-refractivity contribution is 5.90. The lowest BCUT2D eigenvalue weighted by molar-refractivity contribution is -0.929. The van der Waals surface area contributed by atoms with Crippen molar-refractivity contribution in [3.05, 3.63) is 0 Å². The molecule has 0 N–H and O–H groups in total. The number of ether oxygens (including phenoxy) is 1. The first kappa shape index (κ1) is 29.8. The van der Waals surface area contributed by atoms with Gasteiger partial charge in [-0.25, -0.2) is 0 Å². The van der Waals surface area contributed by atoms with E-state index in [2.05, 4.69) is 27.7 Å². The summed E-state index contributed by atoms with van der Waals surface area (Å²) in [6.45, 7) is 20.0. The Morgan fingerprint density at radius 3 is 1.45 bits per heavy atom. The van der Waals surface area contributed by atoms with Crippen LogP contribution in [0.1, 0.15) is 99.8 Å². The second-order valence-corrected chi connectivity index (χ2v) is 8.93. The molecule has 0 aliphatic carbocycles. The van der Waals surface area contributed by atoms with Crippen LogP contribution in [-0.2, 0) is 14.3 Å². The van der Waals surface area contributed by atoms with Crippen LogP contribution in [0.2, 0.25) is 0 Å². The maximum absolute atomic E-state index is 10.9. The van der Waals surface area contributed by atoms with Gasteiger partial charge in [0.05, 0.1) is 32.2 Å². The molecule has 0 amide bonds. The molecular formula is C24H47N2O3+. The zero-order chi connectivity index (χ0) is 22.8. The van der Waals surface area contributed by atoms with Crippen LogP contribution >= 0.6 is 0 Å². The summed E-state index contributed by atoms with van der Waals surface area (Å²) >= 11 is 0. The fourth-order valence-corrected chi connectivity index (χ4v) is 3.15. The summed E-state index contributed by atoms with van der Waals surface area (Å²) in [7, 11) is 0. The van der Waals surface area contributed by atoms with E-state index in [9.17, 15) is 9.59 Å². The third-order valence-electron chi connectivity index (χ3n) is 4.88. The van der Waals surface area contributed by atoms with E-state index in [0.29, 0.717) is 0 Å². The smallest absolute Gasteiger partial charge is 0.331 e. The van der Waals surface area contributed by atoms with Gasteiger partial charge in [-0.2, -0.15) is 5.26 Å². The lowest BCUT2D eigenvalue weighted by Crippen LogP contribution is -2.50. The molecule has 1 atom stereocenters. The lowest BCUT2D eigenvalue weighted by atomic mass is 10.1. The van der Waals surface area contributed by atoms with Crippen LogP contribution in [0.4, 0.5) is 0 Å². The first-order valence-corrected chi connectivity index (χ1v) is 11.6. The second kappa shape index (κ2) is 17.4. The highest BCUT2D eigenvalue weighted by Gasteiger charge is 2.25. The minimum Gasteiger partial charge on any atom is -0.459 e. The van der Waals surface area contributed by atoms with Crippen molar-refractivity contribution in [1.29, 1.82) is 5.26 Å². The summed E-state index contributed by atoms with van der Waals surface area (Å²) in [5, 5.41) is 8.31. The average Bonchev–Trinajstić information content (AvgIpc) is 2.67. The van der Waals surface area contributed by atoms with E-state index < -0.39 is 17.5 Å². The quantitative estimate of drug-likeness (QED) is 0.160. The highest BCUT2D eigenvalue weighted by Crippen LogP contribution is 2.16. The number of hydrogen-bond donors (Lipinski definition) is 0. The zero-order valence-electron chi connectivity index (χ0n) is 20.3. The van der Waals surface area contributed by atoms with Gasteiger partial charge < -0.3 is 14.0 Å².